The van der Waals surface area contributed by atoms with E-state index in [2.05, 4.69) is 4.98 Å². The Morgan fingerprint density at radius 2 is 1.82 bits per heavy atom. The summed E-state index contributed by atoms with van der Waals surface area (Å²) in [7, 11) is -3.76. The molecule has 2 aromatic carbocycles. The predicted octanol–water partition coefficient (Wildman–Crippen LogP) is 2.83. The second-order valence-corrected chi connectivity index (χ2v) is 10.0. The number of hydrogen-bond acceptors (Lipinski definition) is 5. The molecule has 3 aromatic rings. The van der Waals surface area contributed by atoms with Crippen LogP contribution < -0.4 is 10.5 Å². The first-order valence-corrected chi connectivity index (χ1v) is 12.3. The summed E-state index contributed by atoms with van der Waals surface area (Å²) in [6, 6.07) is 11.6. The monoisotopic (exact) mass is 469 g/mol. The minimum Gasteiger partial charge on any atom is -0.379 e. The van der Waals surface area contributed by atoms with Crippen LogP contribution in [-0.4, -0.2) is 56.5 Å². The number of hydrogen-bond donors (Lipinski definition) is 1. The van der Waals surface area contributed by atoms with Crippen LogP contribution in [0.25, 0.3) is 10.9 Å². The number of benzene rings is 2. The van der Waals surface area contributed by atoms with Crippen LogP contribution in [0.4, 0.5) is 5.69 Å². The van der Waals surface area contributed by atoms with Crippen molar-refractivity contribution in [3.8, 4) is 0 Å². The predicted molar refractivity (Wildman–Crippen MR) is 127 cm³/mol. The first kappa shape index (κ1) is 23.2. The number of carbonyl (C=O) groups excluding carboxylic acids is 1. The number of pyridine rings is 1. The minimum atomic E-state index is -3.76. The molecule has 0 radical (unpaired) electrons. The SMILES string of the molecule is CCN(C(=O)c1cc(=O)[nH]c2ccc(S(=O)(=O)N3CCOCC3)cc12)c1cc(C)ccc1C. The molecule has 8 nitrogen and oxygen atoms in total. The van der Waals surface area contributed by atoms with E-state index in [0.29, 0.717) is 30.7 Å². The molecule has 0 spiro atoms. The lowest BCUT2D eigenvalue weighted by Crippen LogP contribution is -2.40. The maximum atomic E-state index is 13.7. The van der Waals surface area contributed by atoms with E-state index in [4.69, 9.17) is 4.74 Å². The van der Waals surface area contributed by atoms with E-state index >= 15 is 0 Å². The molecular weight excluding hydrogens is 442 g/mol. The topological polar surface area (TPSA) is 99.8 Å². The molecule has 1 saturated heterocycles. The number of aryl methyl sites for hydroxylation is 2. The second-order valence-electron chi connectivity index (χ2n) is 8.11. The third-order valence-electron chi connectivity index (χ3n) is 5.87. The van der Waals surface area contributed by atoms with Crippen molar-refractivity contribution in [2.24, 2.45) is 0 Å². The lowest BCUT2D eigenvalue weighted by molar-refractivity contribution is 0.0730. The molecule has 0 aliphatic carbocycles. The first-order chi connectivity index (χ1) is 15.7. The average molecular weight is 470 g/mol. The normalized spacial score (nSPS) is 15.0. The number of nitrogens with zero attached hydrogens (tertiary/aromatic N) is 2. The Kier molecular flexibility index (Phi) is 6.38. The Bertz CT molecular complexity index is 1370. The van der Waals surface area contributed by atoms with Crippen molar-refractivity contribution in [1.82, 2.24) is 9.29 Å². The van der Waals surface area contributed by atoms with Crippen LogP contribution in [0.15, 0.2) is 52.2 Å². The summed E-state index contributed by atoms with van der Waals surface area (Å²) >= 11 is 0. The van der Waals surface area contributed by atoms with Gasteiger partial charge >= 0.3 is 0 Å². The van der Waals surface area contributed by atoms with E-state index in [-0.39, 0.29) is 29.5 Å². The Hall–Kier alpha value is -3.01. The number of ether oxygens (including phenoxy) is 1. The van der Waals surface area contributed by atoms with Crippen molar-refractivity contribution >= 4 is 32.5 Å². The van der Waals surface area contributed by atoms with Crippen molar-refractivity contribution in [3.63, 3.8) is 0 Å². The van der Waals surface area contributed by atoms with Gasteiger partial charge in [0.25, 0.3) is 5.91 Å². The third kappa shape index (κ3) is 4.44. The quantitative estimate of drug-likeness (QED) is 0.619. The van der Waals surface area contributed by atoms with Gasteiger partial charge in [-0.3, -0.25) is 9.59 Å². The van der Waals surface area contributed by atoms with Crippen LogP contribution in [0.3, 0.4) is 0 Å². The molecule has 1 N–H and O–H groups in total. The highest BCUT2D eigenvalue weighted by molar-refractivity contribution is 7.89. The number of sulfonamides is 1. The lowest BCUT2D eigenvalue weighted by Gasteiger charge is -2.26. The molecular formula is C24H27N3O5S. The van der Waals surface area contributed by atoms with Crippen LogP contribution in [-0.2, 0) is 14.8 Å². The van der Waals surface area contributed by atoms with Gasteiger partial charge in [-0.05, 0) is 56.2 Å². The maximum absolute atomic E-state index is 13.7. The number of fused-ring (bicyclic) bond motifs is 1. The molecule has 9 heteroatoms. The van der Waals surface area contributed by atoms with Gasteiger partial charge in [0, 0.05) is 42.3 Å². The molecule has 0 atom stereocenters. The van der Waals surface area contributed by atoms with Crippen LogP contribution >= 0.6 is 0 Å². The number of carbonyl (C=O) groups is 1. The molecule has 1 aliphatic heterocycles. The molecule has 1 aromatic heterocycles. The zero-order valence-corrected chi connectivity index (χ0v) is 19.7. The molecule has 0 saturated carbocycles. The summed E-state index contributed by atoms with van der Waals surface area (Å²) in [6.45, 7) is 7.35. The highest BCUT2D eigenvalue weighted by Crippen LogP contribution is 2.27. The van der Waals surface area contributed by atoms with Crippen molar-refractivity contribution in [3.05, 3.63) is 69.5 Å². The maximum Gasteiger partial charge on any atom is 0.259 e. The molecule has 1 amide bonds. The molecule has 1 fully saturated rings. The van der Waals surface area contributed by atoms with Gasteiger partial charge < -0.3 is 14.6 Å². The number of morpholine rings is 1. The van der Waals surface area contributed by atoms with Gasteiger partial charge in [-0.2, -0.15) is 4.31 Å². The summed E-state index contributed by atoms with van der Waals surface area (Å²) in [5, 5.41) is 0.387. The summed E-state index contributed by atoms with van der Waals surface area (Å²) in [6.07, 6.45) is 0. The number of aromatic amines is 1. The summed E-state index contributed by atoms with van der Waals surface area (Å²) in [4.78, 5) is 30.4. The number of anilines is 1. The summed E-state index contributed by atoms with van der Waals surface area (Å²) in [5.41, 5.74) is 2.84. The first-order valence-electron chi connectivity index (χ1n) is 10.9. The highest BCUT2D eigenvalue weighted by Gasteiger charge is 2.28. The number of amides is 1. The van der Waals surface area contributed by atoms with Crippen LogP contribution in [0, 0.1) is 13.8 Å². The van der Waals surface area contributed by atoms with Gasteiger partial charge in [0.05, 0.1) is 23.7 Å². The Balaban J connectivity index is 1.84. The lowest BCUT2D eigenvalue weighted by atomic mass is 10.1. The van der Waals surface area contributed by atoms with Crippen molar-refractivity contribution in [2.75, 3.05) is 37.7 Å². The highest BCUT2D eigenvalue weighted by atomic mass is 32.2. The second kappa shape index (κ2) is 9.09. The van der Waals surface area contributed by atoms with Crippen LogP contribution in [0.1, 0.15) is 28.4 Å². The fourth-order valence-corrected chi connectivity index (χ4v) is 5.52. The molecule has 1 aliphatic rings. The van der Waals surface area contributed by atoms with Crippen molar-refractivity contribution in [2.45, 2.75) is 25.7 Å². The Morgan fingerprint density at radius 3 is 2.52 bits per heavy atom. The molecule has 4 rings (SSSR count). The molecule has 33 heavy (non-hydrogen) atoms. The smallest absolute Gasteiger partial charge is 0.259 e. The minimum absolute atomic E-state index is 0.0767. The molecule has 174 valence electrons. The standard InChI is InChI=1S/C24H27N3O5S/c1-4-27(22-13-16(2)5-6-17(22)3)24(29)20-15-23(28)25-21-8-7-18(14-19(20)21)33(30,31)26-9-11-32-12-10-26/h5-8,13-15H,4,9-12H2,1-3H3,(H,25,28). The fraction of sp³-hybridized carbons (Fsp3) is 0.333. The van der Waals surface area contributed by atoms with Gasteiger partial charge in [0.2, 0.25) is 15.6 Å². The number of H-pyrrole nitrogens is 1. The van der Waals surface area contributed by atoms with Gasteiger partial charge in [-0.25, -0.2) is 8.42 Å². The van der Waals surface area contributed by atoms with Crippen LogP contribution in [0.2, 0.25) is 0 Å². The van der Waals surface area contributed by atoms with E-state index < -0.39 is 15.6 Å². The average Bonchev–Trinajstić information content (AvgIpc) is 2.81. The zero-order valence-electron chi connectivity index (χ0n) is 18.9. The van der Waals surface area contributed by atoms with E-state index in [1.807, 2.05) is 39.0 Å². The van der Waals surface area contributed by atoms with Crippen molar-refractivity contribution < 1.29 is 17.9 Å². The molecule has 0 unspecified atom stereocenters. The summed E-state index contributed by atoms with van der Waals surface area (Å²) < 4.78 is 33.0. The van der Waals surface area contributed by atoms with Gasteiger partial charge in [-0.1, -0.05) is 12.1 Å². The molecule has 2 heterocycles. The largest absolute Gasteiger partial charge is 0.379 e. The fourth-order valence-electron chi connectivity index (χ4n) is 4.09. The number of rotatable bonds is 5. The van der Waals surface area contributed by atoms with Crippen molar-refractivity contribution in [1.29, 1.82) is 0 Å². The Labute approximate surface area is 192 Å². The number of aromatic nitrogens is 1. The number of nitrogens with one attached hydrogen (secondary N) is 1. The van der Waals surface area contributed by atoms with E-state index in [1.165, 1.54) is 28.6 Å². The third-order valence-corrected chi connectivity index (χ3v) is 7.76. The van der Waals surface area contributed by atoms with E-state index in [9.17, 15) is 18.0 Å². The van der Waals surface area contributed by atoms with E-state index in [0.717, 1.165) is 16.8 Å². The van der Waals surface area contributed by atoms with Gasteiger partial charge in [0.1, 0.15) is 0 Å². The van der Waals surface area contributed by atoms with E-state index in [1.54, 1.807) is 4.90 Å². The van der Waals surface area contributed by atoms with Gasteiger partial charge in [-0.15, -0.1) is 0 Å². The zero-order chi connectivity index (χ0) is 23.8. The summed E-state index contributed by atoms with van der Waals surface area (Å²) in [5.74, 6) is -0.358. The van der Waals surface area contributed by atoms with Gasteiger partial charge in [0.15, 0.2) is 0 Å². The Morgan fingerprint density at radius 1 is 1.09 bits per heavy atom. The molecule has 0 bridgehead atoms. The van der Waals surface area contributed by atoms with Crippen LogP contribution in [0.5, 0.6) is 0 Å².